The molecule has 4 aliphatic carbocycles. The van der Waals surface area contributed by atoms with Gasteiger partial charge in [-0.3, -0.25) is 9.59 Å². The van der Waals surface area contributed by atoms with Gasteiger partial charge in [-0.05, 0) is 62.0 Å². The highest BCUT2D eigenvalue weighted by atomic mass is 16.3. The molecule has 25 heavy (non-hydrogen) atoms. The Morgan fingerprint density at radius 2 is 2.12 bits per heavy atom. The molecule has 5 nitrogen and oxygen atoms in total. The van der Waals surface area contributed by atoms with Gasteiger partial charge >= 0.3 is 0 Å². The summed E-state index contributed by atoms with van der Waals surface area (Å²) in [5.41, 5.74) is -1.15. The molecular formula is C20H26O5. The minimum Gasteiger partial charge on any atom is -0.393 e. The van der Waals surface area contributed by atoms with Crippen LogP contribution in [0.25, 0.3) is 0 Å². The van der Waals surface area contributed by atoms with E-state index >= 15 is 0 Å². The predicted molar refractivity (Wildman–Crippen MR) is 90.4 cm³/mol. The Bertz CT molecular complexity index is 680. The molecule has 4 rings (SSSR count). The third kappa shape index (κ3) is 2.19. The Morgan fingerprint density at radius 1 is 1.36 bits per heavy atom. The van der Waals surface area contributed by atoms with Crippen LogP contribution in [0.3, 0.4) is 0 Å². The highest BCUT2D eigenvalue weighted by Crippen LogP contribution is 2.64. The van der Waals surface area contributed by atoms with Gasteiger partial charge in [0.15, 0.2) is 11.6 Å². The number of Topliss-reactive ketones (excluding diaryl/α,β-unsaturated/α-hetero) is 1. The van der Waals surface area contributed by atoms with Crippen LogP contribution < -0.4 is 0 Å². The van der Waals surface area contributed by atoms with Crippen LogP contribution in [0.5, 0.6) is 0 Å². The maximum atomic E-state index is 12.3. The molecule has 0 aromatic heterocycles. The molecule has 5 heteroatoms. The largest absolute Gasteiger partial charge is 0.393 e. The van der Waals surface area contributed by atoms with Crippen molar-refractivity contribution < 1.29 is 24.9 Å². The van der Waals surface area contributed by atoms with Crippen LogP contribution >= 0.6 is 0 Å². The summed E-state index contributed by atoms with van der Waals surface area (Å²) >= 11 is 0. The van der Waals surface area contributed by atoms with Crippen LogP contribution in [0, 0.1) is 29.1 Å². The van der Waals surface area contributed by atoms with Crippen molar-refractivity contribution in [2.45, 2.75) is 50.7 Å². The summed E-state index contributed by atoms with van der Waals surface area (Å²) in [6, 6.07) is 0. The van der Waals surface area contributed by atoms with Gasteiger partial charge in [0.2, 0.25) is 0 Å². The molecule has 3 saturated carbocycles. The van der Waals surface area contributed by atoms with Crippen molar-refractivity contribution in [3.63, 3.8) is 0 Å². The minimum atomic E-state index is -1.55. The van der Waals surface area contributed by atoms with E-state index in [4.69, 9.17) is 0 Å². The lowest BCUT2D eigenvalue weighted by molar-refractivity contribution is -0.174. The first-order chi connectivity index (χ1) is 11.8. The molecule has 0 aromatic carbocycles. The van der Waals surface area contributed by atoms with E-state index in [2.05, 4.69) is 0 Å². The molecule has 0 heterocycles. The topological polar surface area (TPSA) is 94.8 Å². The average molecular weight is 346 g/mol. The molecule has 0 radical (unpaired) electrons. The number of fused-ring (bicyclic) bond motifs is 5. The van der Waals surface area contributed by atoms with Crippen molar-refractivity contribution in [1.82, 2.24) is 0 Å². The smallest absolute Gasteiger partial charge is 0.190 e. The molecule has 0 spiro atoms. The number of aliphatic hydroxyl groups is 3. The normalized spacial score (nSPS) is 48.4. The van der Waals surface area contributed by atoms with E-state index in [0.717, 1.165) is 24.8 Å². The fourth-order valence-electron chi connectivity index (χ4n) is 6.49. The van der Waals surface area contributed by atoms with Crippen molar-refractivity contribution in [2.24, 2.45) is 29.1 Å². The highest BCUT2D eigenvalue weighted by molar-refractivity contribution is 6.00. The number of hydrogen-bond acceptors (Lipinski definition) is 5. The molecule has 4 aliphatic rings. The van der Waals surface area contributed by atoms with Gasteiger partial charge in [0.25, 0.3) is 0 Å². The molecule has 3 N–H and O–H groups in total. The number of carbonyl (C=O) groups is 2. The van der Waals surface area contributed by atoms with Gasteiger partial charge in [-0.25, -0.2) is 0 Å². The second kappa shape index (κ2) is 5.60. The predicted octanol–water partition coefficient (Wildman–Crippen LogP) is 1.17. The van der Waals surface area contributed by atoms with Gasteiger partial charge in [-0.2, -0.15) is 0 Å². The molecular weight excluding hydrogens is 320 g/mol. The summed E-state index contributed by atoms with van der Waals surface area (Å²) in [6.45, 7) is 1.24. The summed E-state index contributed by atoms with van der Waals surface area (Å²) in [7, 11) is 0. The maximum Gasteiger partial charge on any atom is 0.190 e. The minimum absolute atomic E-state index is 0.0172. The number of aliphatic hydroxyl groups excluding tert-OH is 2. The van der Waals surface area contributed by atoms with Gasteiger partial charge in [0.1, 0.15) is 12.2 Å². The number of ketones is 2. The van der Waals surface area contributed by atoms with Crippen molar-refractivity contribution >= 4 is 11.6 Å². The number of carbonyl (C=O) groups excluding carboxylic acids is 2. The zero-order chi connectivity index (χ0) is 18.0. The quantitative estimate of drug-likeness (QED) is 0.698. The van der Waals surface area contributed by atoms with Crippen molar-refractivity contribution in [2.75, 3.05) is 6.61 Å². The molecule has 1 unspecified atom stereocenters. The SMILES string of the molecule is C[C@]12C[C@H](O)[C@@H]3C4C=CC(=O)C=C4CC[C@H]3[C@@H]1CC[C@]2(O)C(=O)CO. The van der Waals surface area contributed by atoms with Crippen LogP contribution in [0.2, 0.25) is 0 Å². The molecule has 0 bridgehead atoms. The zero-order valence-corrected chi connectivity index (χ0v) is 14.5. The van der Waals surface area contributed by atoms with Crippen LogP contribution in [0.4, 0.5) is 0 Å². The summed E-state index contributed by atoms with van der Waals surface area (Å²) in [5.74, 6) is -0.0261. The lowest BCUT2D eigenvalue weighted by atomic mass is 9.50. The van der Waals surface area contributed by atoms with Crippen LogP contribution in [0.1, 0.15) is 39.0 Å². The summed E-state index contributed by atoms with van der Waals surface area (Å²) < 4.78 is 0. The van der Waals surface area contributed by atoms with E-state index in [-0.39, 0.29) is 29.5 Å². The van der Waals surface area contributed by atoms with Gasteiger partial charge in [-0.15, -0.1) is 0 Å². The average Bonchev–Trinajstić information content (AvgIpc) is 2.85. The maximum absolute atomic E-state index is 12.3. The monoisotopic (exact) mass is 346 g/mol. The number of rotatable bonds is 2. The Hall–Kier alpha value is -1.30. The van der Waals surface area contributed by atoms with Crippen molar-refractivity contribution in [3.05, 3.63) is 23.8 Å². The first-order valence-corrected chi connectivity index (χ1v) is 9.29. The van der Waals surface area contributed by atoms with Crippen molar-refractivity contribution in [1.29, 1.82) is 0 Å². The summed E-state index contributed by atoms with van der Waals surface area (Å²) in [5, 5.41) is 31.4. The van der Waals surface area contributed by atoms with Gasteiger partial charge in [-0.1, -0.05) is 18.6 Å². The van der Waals surface area contributed by atoms with Crippen LogP contribution in [-0.2, 0) is 9.59 Å². The summed E-state index contributed by atoms with van der Waals surface area (Å²) in [4.78, 5) is 24.0. The van der Waals surface area contributed by atoms with E-state index in [9.17, 15) is 24.9 Å². The zero-order valence-electron chi connectivity index (χ0n) is 14.5. The third-order valence-corrected chi connectivity index (χ3v) is 7.68. The van der Waals surface area contributed by atoms with E-state index in [0.29, 0.717) is 12.8 Å². The Kier molecular flexibility index (Phi) is 3.84. The first kappa shape index (κ1) is 17.1. The van der Waals surface area contributed by atoms with E-state index in [1.807, 2.05) is 13.0 Å². The molecule has 3 fully saturated rings. The van der Waals surface area contributed by atoms with Gasteiger partial charge in [0, 0.05) is 11.3 Å². The third-order valence-electron chi connectivity index (χ3n) is 7.68. The lowest BCUT2D eigenvalue weighted by Gasteiger charge is -2.56. The van der Waals surface area contributed by atoms with Crippen molar-refractivity contribution in [3.8, 4) is 0 Å². The van der Waals surface area contributed by atoms with E-state index in [1.165, 1.54) is 0 Å². The lowest BCUT2D eigenvalue weighted by Crippen LogP contribution is -2.60. The standard InChI is InChI=1S/C20H26O5/c1-19-9-16(23)18-13-5-3-12(22)8-11(13)2-4-14(18)15(19)6-7-20(19,25)17(24)10-21/h3,5,8,13-16,18,21,23,25H,2,4,6-7,9-10H2,1H3/t13?,14-,15-,16-,18+,19-,20-/m0/s1. The Labute approximate surface area is 147 Å². The van der Waals surface area contributed by atoms with Gasteiger partial charge < -0.3 is 15.3 Å². The Morgan fingerprint density at radius 3 is 2.84 bits per heavy atom. The van der Waals surface area contributed by atoms with E-state index in [1.54, 1.807) is 12.2 Å². The molecule has 7 atom stereocenters. The Balaban J connectivity index is 1.70. The second-order valence-corrected chi connectivity index (χ2v) is 8.56. The fourth-order valence-corrected chi connectivity index (χ4v) is 6.49. The molecule has 0 aromatic rings. The van der Waals surface area contributed by atoms with Crippen LogP contribution in [0.15, 0.2) is 23.8 Å². The van der Waals surface area contributed by atoms with Gasteiger partial charge in [0.05, 0.1) is 6.10 Å². The molecule has 0 aliphatic heterocycles. The number of allylic oxidation sites excluding steroid dienone is 4. The fraction of sp³-hybridized carbons (Fsp3) is 0.700. The molecule has 0 amide bonds. The summed E-state index contributed by atoms with van der Waals surface area (Å²) in [6.07, 6.45) is 7.75. The second-order valence-electron chi connectivity index (χ2n) is 8.56. The molecule has 136 valence electrons. The van der Waals surface area contributed by atoms with E-state index < -0.39 is 29.5 Å². The highest BCUT2D eigenvalue weighted by Gasteiger charge is 2.66. The first-order valence-electron chi connectivity index (χ1n) is 9.29. The van der Waals surface area contributed by atoms with Crippen LogP contribution in [-0.4, -0.2) is 45.2 Å². The number of hydrogen-bond donors (Lipinski definition) is 3. The molecule has 0 saturated heterocycles.